The summed E-state index contributed by atoms with van der Waals surface area (Å²) < 4.78 is 29.7. The fourth-order valence-electron chi connectivity index (χ4n) is 1.57. The summed E-state index contributed by atoms with van der Waals surface area (Å²) in [7, 11) is 0. The van der Waals surface area contributed by atoms with E-state index in [0.717, 1.165) is 0 Å². The molecule has 0 aromatic heterocycles. The Hall–Kier alpha value is -0.260. The van der Waals surface area contributed by atoms with Crippen LogP contribution in [0.4, 0.5) is 8.78 Å². The first-order valence-electron chi connectivity index (χ1n) is 4.14. The largest absolute Gasteiger partial charge is 0.349 e. The van der Waals surface area contributed by atoms with Gasteiger partial charge in [0.1, 0.15) is 11.8 Å². The Morgan fingerprint density at radius 1 is 1.42 bits per heavy atom. The van der Waals surface area contributed by atoms with E-state index < -0.39 is 18.3 Å². The van der Waals surface area contributed by atoms with Gasteiger partial charge in [0.05, 0.1) is 0 Å². The maximum absolute atomic E-state index is 12.3. The fourth-order valence-corrected chi connectivity index (χ4v) is 1.57. The van der Waals surface area contributed by atoms with Gasteiger partial charge in [-0.15, -0.1) is 0 Å². The van der Waals surface area contributed by atoms with Gasteiger partial charge in [0.15, 0.2) is 0 Å². The van der Waals surface area contributed by atoms with Crippen molar-refractivity contribution in [2.24, 2.45) is 0 Å². The number of alkyl halides is 2. The van der Waals surface area contributed by atoms with Crippen LogP contribution in [0.1, 0.15) is 6.42 Å². The quantitative estimate of drug-likeness (QED) is 0.589. The first kappa shape index (κ1) is 8.34. The van der Waals surface area contributed by atoms with Gasteiger partial charge in [0, 0.05) is 19.6 Å². The van der Waals surface area contributed by atoms with Crippen molar-refractivity contribution in [3.8, 4) is 0 Å². The molecular weight excluding hydrogens is 166 g/mol. The highest BCUT2D eigenvalue weighted by Crippen LogP contribution is 2.24. The lowest BCUT2D eigenvalue weighted by Gasteiger charge is -2.48. The number of nitrogens with one attached hydrogen (secondary N) is 2. The molecule has 0 radical (unpaired) electrons. The third-order valence-corrected chi connectivity index (χ3v) is 2.36. The van der Waals surface area contributed by atoms with Crippen LogP contribution in [-0.2, 0) is 4.74 Å². The van der Waals surface area contributed by atoms with Crippen LogP contribution in [0.2, 0.25) is 0 Å². The normalized spacial score (nSPS) is 33.8. The van der Waals surface area contributed by atoms with Gasteiger partial charge in [-0.2, -0.15) is 0 Å². The molecule has 2 heterocycles. The molecule has 0 saturated carbocycles. The van der Waals surface area contributed by atoms with Gasteiger partial charge in [-0.25, -0.2) is 8.78 Å². The topological polar surface area (TPSA) is 33.3 Å². The first-order valence-corrected chi connectivity index (χ1v) is 4.14. The number of hydrogen-bond donors (Lipinski definition) is 2. The lowest BCUT2D eigenvalue weighted by molar-refractivity contribution is -0.202. The maximum atomic E-state index is 12.3. The molecule has 2 N–H and O–H groups in total. The highest BCUT2D eigenvalue weighted by Gasteiger charge is 2.44. The highest BCUT2D eigenvalue weighted by molar-refractivity contribution is 4.96. The summed E-state index contributed by atoms with van der Waals surface area (Å²) >= 11 is 0. The SMILES string of the molecule is FC(F)C1CCNC2(CNC2)O1. The second-order valence-corrected chi connectivity index (χ2v) is 3.30. The highest BCUT2D eigenvalue weighted by atomic mass is 19.3. The van der Waals surface area contributed by atoms with Crippen LogP contribution in [0.25, 0.3) is 0 Å². The number of hydrogen-bond acceptors (Lipinski definition) is 3. The van der Waals surface area contributed by atoms with E-state index in [2.05, 4.69) is 10.6 Å². The van der Waals surface area contributed by atoms with Crippen molar-refractivity contribution in [3.05, 3.63) is 0 Å². The zero-order valence-electron chi connectivity index (χ0n) is 6.65. The Labute approximate surface area is 69.5 Å². The van der Waals surface area contributed by atoms with Gasteiger partial charge in [0.25, 0.3) is 6.43 Å². The smallest absolute Gasteiger partial charge is 0.264 e. The molecule has 2 aliphatic rings. The number of halogens is 2. The molecule has 2 saturated heterocycles. The average molecular weight is 178 g/mol. The molecule has 3 nitrogen and oxygen atoms in total. The van der Waals surface area contributed by atoms with Crippen LogP contribution in [0.3, 0.4) is 0 Å². The Kier molecular flexibility index (Phi) is 2.02. The predicted molar refractivity (Wildman–Crippen MR) is 39.1 cm³/mol. The summed E-state index contributed by atoms with van der Waals surface area (Å²) in [6.45, 7) is 1.89. The number of ether oxygens (including phenoxy) is 1. The van der Waals surface area contributed by atoms with E-state index in [1.165, 1.54) is 0 Å². The van der Waals surface area contributed by atoms with Gasteiger partial charge < -0.3 is 10.1 Å². The Morgan fingerprint density at radius 3 is 2.67 bits per heavy atom. The van der Waals surface area contributed by atoms with E-state index in [-0.39, 0.29) is 0 Å². The second-order valence-electron chi connectivity index (χ2n) is 3.30. The molecule has 12 heavy (non-hydrogen) atoms. The number of rotatable bonds is 1. The van der Waals surface area contributed by atoms with E-state index in [1.54, 1.807) is 0 Å². The van der Waals surface area contributed by atoms with Gasteiger partial charge in [-0.05, 0) is 6.42 Å². The summed E-state index contributed by atoms with van der Waals surface area (Å²) in [5, 5.41) is 6.10. The van der Waals surface area contributed by atoms with Crippen LogP contribution in [0.5, 0.6) is 0 Å². The average Bonchev–Trinajstić information content (AvgIpc) is 2.02. The minimum Gasteiger partial charge on any atom is -0.349 e. The van der Waals surface area contributed by atoms with Crippen LogP contribution < -0.4 is 10.6 Å². The molecule has 0 aromatic rings. The Morgan fingerprint density at radius 2 is 2.17 bits per heavy atom. The standard InChI is InChI=1S/C7H12F2N2O/c8-6(9)5-1-2-11-7(12-5)3-10-4-7/h5-6,10-11H,1-4H2. The molecule has 0 bridgehead atoms. The lowest BCUT2D eigenvalue weighted by Crippen LogP contribution is -2.72. The molecular formula is C7H12F2N2O. The van der Waals surface area contributed by atoms with Crippen molar-refractivity contribution < 1.29 is 13.5 Å². The minimum absolute atomic E-state index is 0.402. The van der Waals surface area contributed by atoms with Crippen molar-refractivity contribution in [2.75, 3.05) is 19.6 Å². The predicted octanol–water partition coefficient (Wildman–Crippen LogP) is -0.0705. The van der Waals surface area contributed by atoms with Crippen LogP contribution in [-0.4, -0.2) is 37.9 Å². The van der Waals surface area contributed by atoms with Gasteiger partial charge in [-0.1, -0.05) is 0 Å². The van der Waals surface area contributed by atoms with E-state index in [9.17, 15) is 8.78 Å². The second kappa shape index (κ2) is 2.90. The van der Waals surface area contributed by atoms with Crippen molar-refractivity contribution >= 4 is 0 Å². The summed E-state index contributed by atoms with van der Waals surface area (Å²) in [6, 6.07) is 0. The van der Waals surface area contributed by atoms with Crippen LogP contribution >= 0.6 is 0 Å². The molecule has 0 amide bonds. The monoisotopic (exact) mass is 178 g/mol. The first-order chi connectivity index (χ1) is 5.72. The molecule has 1 unspecified atom stereocenters. The summed E-state index contributed by atoms with van der Waals surface area (Å²) in [5.41, 5.74) is -0.487. The minimum atomic E-state index is -2.36. The summed E-state index contributed by atoms with van der Waals surface area (Å²) in [4.78, 5) is 0. The van der Waals surface area contributed by atoms with Crippen molar-refractivity contribution in [2.45, 2.75) is 24.7 Å². The maximum Gasteiger partial charge on any atom is 0.264 e. The molecule has 2 aliphatic heterocycles. The zero-order chi connectivity index (χ0) is 8.60. The van der Waals surface area contributed by atoms with Gasteiger partial charge in [-0.3, -0.25) is 5.32 Å². The zero-order valence-corrected chi connectivity index (χ0v) is 6.65. The lowest BCUT2D eigenvalue weighted by atomic mass is 10.0. The van der Waals surface area contributed by atoms with Crippen molar-refractivity contribution in [1.82, 2.24) is 10.6 Å². The molecule has 2 rings (SSSR count). The molecule has 1 atom stereocenters. The van der Waals surface area contributed by atoms with Crippen LogP contribution in [0.15, 0.2) is 0 Å². The molecule has 0 aromatic carbocycles. The van der Waals surface area contributed by atoms with E-state index in [4.69, 9.17) is 4.74 Å². The summed E-state index contributed by atoms with van der Waals surface area (Å²) in [6.07, 6.45) is -2.84. The van der Waals surface area contributed by atoms with Gasteiger partial charge >= 0.3 is 0 Å². The summed E-state index contributed by atoms with van der Waals surface area (Å²) in [5.74, 6) is 0. The Bertz CT molecular complexity index is 173. The van der Waals surface area contributed by atoms with Crippen molar-refractivity contribution in [3.63, 3.8) is 0 Å². The van der Waals surface area contributed by atoms with E-state index >= 15 is 0 Å². The molecule has 2 fully saturated rings. The molecule has 0 aliphatic carbocycles. The van der Waals surface area contributed by atoms with Gasteiger partial charge in [0.2, 0.25) is 0 Å². The fraction of sp³-hybridized carbons (Fsp3) is 1.00. The van der Waals surface area contributed by atoms with Crippen molar-refractivity contribution in [1.29, 1.82) is 0 Å². The third kappa shape index (κ3) is 1.32. The van der Waals surface area contributed by atoms with E-state index in [1.807, 2.05) is 0 Å². The van der Waals surface area contributed by atoms with E-state index in [0.29, 0.717) is 26.1 Å². The Balaban J connectivity index is 1.94. The molecule has 1 spiro atoms. The third-order valence-electron chi connectivity index (χ3n) is 2.36. The molecule has 5 heteroatoms. The molecule has 70 valence electrons. The van der Waals surface area contributed by atoms with Crippen LogP contribution in [0, 0.1) is 0 Å².